The van der Waals surface area contributed by atoms with Crippen LogP contribution >= 0.6 is 11.3 Å². The van der Waals surface area contributed by atoms with Gasteiger partial charge in [0.15, 0.2) is 0 Å². The lowest BCUT2D eigenvalue weighted by atomic mass is 10.1. The largest absolute Gasteiger partial charge is 0.354 e. The standard InChI is InChI=1S/C26H23N5O4S/c1-17-6-5-9-21-28-19(14-23(33)31(17)21)15-29-20-11-13-36-24(20)25(34)30(26(29)35)16-22(32)27-12-10-18-7-3-2-4-8-18/h2-9,11,13-14H,10,12,15-16H2,1H3,(H,27,32). The van der Waals surface area contributed by atoms with E-state index in [1.165, 1.54) is 26.4 Å². The Morgan fingerprint density at radius 3 is 2.61 bits per heavy atom. The van der Waals surface area contributed by atoms with E-state index in [4.69, 9.17) is 0 Å². The number of rotatable bonds is 7. The van der Waals surface area contributed by atoms with Gasteiger partial charge in [0, 0.05) is 18.3 Å². The lowest BCUT2D eigenvalue weighted by Crippen LogP contribution is -2.44. The van der Waals surface area contributed by atoms with Gasteiger partial charge in [-0.25, -0.2) is 14.3 Å². The smallest absolute Gasteiger partial charge is 0.332 e. The Hall–Kier alpha value is -4.31. The third kappa shape index (κ3) is 4.50. The molecule has 1 amide bonds. The summed E-state index contributed by atoms with van der Waals surface area (Å²) in [4.78, 5) is 56.3. The van der Waals surface area contributed by atoms with E-state index in [1.54, 1.807) is 23.6 Å². The first-order valence-corrected chi connectivity index (χ1v) is 12.3. The summed E-state index contributed by atoms with van der Waals surface area (Å²) in [6, 6.07) is 18.1. The molecule has 5 rings (SSSR count). The molecule has 0 aliphatic heterocycles. The average Bonchev–Trinajstić information content (AvgIpc) is 3.35. The molecule has 0 aliphatic carbocycles. The number of aromatic nitrogens is 4. The number of hydrogen-bond acceptors (Lipinski definition) is 6. The molecule has 1 aromatic carbocycles. The van der Waals surface area contributed by atoms with Crippen LogP contribution in [-0.4, -0.2) is 31.0 Å². The fraction of sp³-hybridized carbons (Fsp3) is 0.192. The molecule has 0 radical (unpaired) electrons. The van der Waals surface area contributed by atoms with E-state index in [2.05, 4.69) is 10.3 Å². The first kappa shape index (κ1) is 23.4. The van der Waals surface area contributed by atoms with Gasteiger partial charge in [0.25, 0.3) is 11.1 Å². The van der Waals surface area contributed by atoms with E-state index in [1.807, 2.05) is 43.3 Å². The molecule has 9 nitrogen and oxygen atoms in total. The zero-order valence-electron chi connectivity index (χ0n) is 19.5. The van der Waals surface area contributed by atoms with E-state index >= 15 is 0 Å². The number of carbonyl (C=O) groups excluding carboxylic acids is 1. The van der Waals surface area contributed by atoms with Crippen LogP contribution in [0.3, 0.4) is 0 Å². The highest BCUT2D eigenvalue weighted by atomic mass is 32.1. The number of carbonyl (C=O) groups is 1. The van der Waals surface area contributed by atoms with E-state index in [0.717, 1.165) is 15.8 Å². The molecule has 5 aromatic rings. The average molecular weight is 502 g/mol. The number of thiophene rings is 1. The van der Waals surface area contributed by atoms with E-state index < -0.39 is 23.7 Å². The van der Waals surface area contributed by atoms with Crippen molar-refractivity contribution in [3.05, 3.63) is 114 Å². The molecule has 0 unspecified atom stereocenters. The number of fused-ring (bicyclic) bond motifs is 2. The third-order valence-electron chi connectivity index (χ3n) is 5.97. The number of benzene rings is 1. The van der Waals surface area contributed by atoms with Crippen LogP contribution in [0.15, 0.2) is 80.4 Å². The van der Waals surface area contributed by atoms with Gasteiger partial charge < -0.3 is 5.32 Å². The Bertz CT molecular complexity index is 1770. The van der Waals surface area contributed by atoms with Crippen LogP contribution in [0, 0.1) is 6.92 Å². The van der Waals surface area contributed by atoms with Crippen molar-refractivity contribution < 1.29 is 4.79 Å². The highest BCUT2D eigenvalue weighted by molar-refractivity contribution is 7.17. The first-order chi connectivity index (χ1) is 17.4. The molecule has 0 saturated carbocycles. The highest BCUT2D eigenvalue weighted by Crippen LogP contribution is 2.16. The Kier molecular flexibility index (Phi) is 6.34. The van der Waals surface area contributed by atoms with Crippen LogP contribution in [0.2, 0.25) is 0 Å². The Balaban J connectivity index is 1.45. The van der Waals surface area contributed by atoms with Gasteiger partial charge in [0.05, 0.1) is 17.8 Å². The summed E-state index contributed by atoms with van der Waals surface area (Å²) in [7, 11) is 0. The predicted octanol–water partition coefficient (Wildman–Crippen LogP) is 1.95. The van der Waals surface area contributed by atoms with Crippen molar-refractivity contribution in [1.29, 1.82) is 0 Å². The van der Waals surface area contributed by atoms with Gasteiger partial charge in [-0.3, -0.25) is 23.4 Å². The second-order valence-electron chi connectivity index (χ2n) is 8.43. The summed E-state index contributed by atoms with van der Waals surface area (Å²) >= 11 is 1.20. The van der Waals surface area contributed by atoms with Crippen molar-refractivity contribution in [2.24, 2.45) is 0 Å². The molecule has 0 saturated heterocycles. The number of amides is 1. The maximum absolute atomic E-state index is 13.4. The van der Waals surface area contributed by atoms with Crippen LogP contribution in [0.5, 0.6) is 0 Å². The molecule has 0 fully saturated rings. The molecule has 1 N–H and O–H groups in total. The van der Waals surface area contributed by atoms with Crippen molar-refractivity contribution in [3.8, 4) is 0 Å². The van der Waals surface area contributed by atoms with Crippen LogP contribution in [0.4, 0.5) is 0 Å². The fourth-order valence-corrected chi connectivity index (χ4v) is 5.07. The summed E-state index contributed by atoms with van der Waals surface area (Å²) in [6.07, 6.45) is 0.637. The lowest BCUT2D eigenvalue weighted by Gasteiger charge is -2.13. The molecule has 36 heavy (non-hydrogen) atoms. The van der Waals surface area contributed by atoms with Crippen LogP contribution in [0.1, 0.15) is 17.0 Å². The normalized spacial score (nSPS) is 11.2. The third-order valence-corrected chi connectivity index (χ3v) is 6.86. The van der Waals surface area contributed by atoms with Gasteiger partial charge in [-0.05, 0) is 42.5 Å². The van der Waals surface area contributed by atoms with Gasteiger partial charge >= 0.3 is 5.69 Å². The van der Waals surface area contributed by atoms with Crippen LogP contribution in [0.25, 0.3) is 15.9 Å². The Morgan fingerprint density at radius 1 is 1.00 bits per heavy atom. The summed E-state index contributed by atoms with van der Waals surface area (Å²) in [5.74, 6) is -0.426. The first-order valence-electron chi connectivity index (χ1n) is 11.4. The molecular formula is C26H23N5O4S. The van der Waals surface area contributed by atoms with Gasteiger partial charge in [0.2, 0.25) is 5.91 Å². The molecular weight excluding hydrogens is 478 g/mol. The molecule has 4 aromatic heterocycles. The van der Waals surface area contributed by atoms with Gasteiger partial charge in [-0.15, -0.1) is 11.3 Å². The number of aryl methyl sites for hydroxylation is 1. The van der Waals surface area contributed by atoms with Gasteiger partial charge in [-0.2, -0.15) is 0 Å². The molecule has 10 heteroatoms. The number of nitrogens with zero attached hydrogens (tertiary/aromatic N) is 4. The molecule has 0 aliphatic rings. The van der Waals surface area contributed by atoms with Crippen LogP contribution in [-0.2, 0) is 24.3 Å². The maximum atomic E-state index is 13.4. The predicted molar refractivity (Wildman–Crippen MR) is 139 cm³/mol. The molecule has 0 spiro atoms. The number of pyridine rings is 1. The molecule has 0 bridgehead atoms. The van der Waals surface area contributed by atoms with Crippen molar-refractivity contribution in [3.63, 3.8) is 0 Å². The number of hydrogen-bond donors (Lipinski definition) is 1. The van der Waals surface area contributed by atoms with Gasteiger partial charge in [0.1, 0.15) is 16.9 Å². The minimum Gasteiger partial charge on any atom is -0.354 e. The zero-order valence-corrected chi connectivity index (χ0v) is 20.3. The van der Waals surface area contributed by atoms with E-state index in [0.29, 0.717) is 34.5 Å². The Labute approximate surface area is 208 Å². The van der Waals surface area contributed by atoms with Gasteiger partial charge in [-0.1, -0.05) is 36.4 Å². The molecule has 4 heterocycles. The topological polar surface area (TPSA) is 107 Å². The molecule has 0 atom stereocenters. The second kappa shape index (κ2) is 9.74. The quantitative estimate of drug-likeness (QED) is 0.367. The van der Waals surface area contributed by atoms with Crippen molar-refractivity contribution in [1.82, 2.24) is 23.8 Å². The minimum absolute atomic E-state index is 0.0122. The maximum Gasteiger partial charge on any atom is 0.332 e. The minimum atomic E-state index is -0.629. The number of nitrogens with one attached hydrogen (secondary N) is 1. The lowest BCUT2D eigenvalue weighted by molar-refractivity contribution is -0.121. The van der Waals surface area contributed by atoms with E-state index in [-0.39, 0.29) is 12.1 Å². The van der Waals surface area contributed by atoms with Crippen LogP contribution < -0.4 is 22.1 Å². The second-order valence-corrected chi connectivity index (χ2v) is 9.34. The molecule has 182 valence electrons. The van der Waals surface area contributed by atoms with Crippen molar-refractivity contribution in [2.45, 2.75) is 26.4 Å². The highest BCUT2D eigenvalue weighted by Gasteiger charge is 2.17. The summed E-state index contributed by atoms with van der Waals surface area (Å²) < 4.78 is 4.18. The fourth-order valence-electron chi connectivity index (χ4n) is 4.22. The van der Waals surface area contributed by atoms with Crippen molar-refractivity contribution >= 4 is 33.1 Å². The summed E-state index contributed by atoms with van der Waals surface area (Å²) in [6.45, 7) is 1.79. The monoisotopic (exact) mass is 501 g/mol. The SMILES string of the molecule is Cc1cccc2nc(Cn3c(=O)n(CC(=O)NCCc4ccccc4)c(=O)c4sccc43)cc(=O)n12. The van der Waals surface area contributed by atoms with Crippen molar-refractivity contribution in [2.75, 3.05) is 6.54 Å². The van der Waals surface area contributed by atoms with E-state index in [9.17, 15) is 19.2 Å². The summed E-state index contributed by atoms with van der Waals surface area (Å²) in [5, 5.41) is 4.50. The zero-order chi connectivity index (χ0) is 25.2. The Morgan fingerprint density at radius 2 is 1.81 bits per heavy atom. The summed E-state index contributed by atoms with van der Waals surface area (Å²) in [5.41, 5.74) is 1.73.